The molecule has 1 aliphatic heterocycles. The van der Waals surface area contributed by atoms with Gasteiger partial charge in [-0.1, -0.05) is 0 Å². The SMILES string of the molecule is CS(=O)(=O)c1cc(NC(=O)CC2CSCCS2)cc(C(=O)O)c1. The normalized spacial score (nSPS) is 18.4. The van der Waals surface area contributed by atoms with Gasteiger partial charge < -0.3 is 10.4 Å². The number of thioether (sulfide) groups is 2. The Hall–Kier alpha value is -1.19. The van der Waals surface area contributed by atoms with Gasteiger partial charge in [0.15, 0.2) is 9.84 Å². The zero-order chi connectivity index (χ0) is 17.0. The van der Waals surface area contributed by atoms with Crippen LogP contribution >= 0.6 is 23.5 Å². The number of nitrogens with one attached hydrogen (secondary N) is 1. The second-order valence-corrected chi connectivity index (χ2v) is 9.72. The predicted molar refractivity (Wildman–Crippen MR) is 93.3 cm³/mol. The maximum absolute atomic E-state index is 12.1. The third-order valence-corrected chi connectivity index (χ3v) is 7.10. The quantitative estimate of drug-likeness (QED) is 0.811. The first-order chi connectivity index (χ1) is 10.8. The van der Waals surface area contributed by atoms with Crippen molar-refractivity contribution >= 4 is 50.9 Å². The van der Waals surface area contributed by atoms with Crippen LogP contribution in [0.1, 0.15) is 16.8 Å². The van der Waals surface area contributed by atoms with E-state index in [9.17, 15) is 18.0 Å². The first kappa shape index (κ1) is 18.2. The molecule has 1 atom stereocenters. The fraction of sp³-hybridized carbons (Fsp3) is 0.429. The average molecular weight is 375 g/mol. The van der Waals surface area contributed by atoms with Crippen molar-refractivity contribution in [1.29, 1.82) is 0 Å². The fourth-order valence-electron chi connectivity index (χ4n) is 2.08. The minimum atomic E-state index is -3.57. The molecule has 1 aromatic rings. The van der Waals surface area contributed by atoms with Crippen LogP contribution in [0.3, 0.4) is 0 Å². The number of hydrogen-bond acceptors (Lipinski definition) is 6. The minimum absolute atomic E-state index is 0.129. The highest BCUT2D eigenvalue weighted by Gasteiger charge is 2.19. The molecule has 1 unspecified atom stereocenters. The Morgan fingerprint density at radius 3 is 2.61 bits per heavy atom. The zero-order valence-corrected chi connectivity index (χ0v) is 14.9. The van der Waals surface area contributed by atoms with Crippen LogP contribution < -0.4 is 5.32 Å². The van der Waals surface area contributed by atoms with Crippen LogP contribution in [-0.2, 0) is 14.6 Å². The summed E-state index contributed by atoms with van der Waals surface area (Å²) in [5, 5.41) is 11.9. The van der Waals surface area contributed by atoms with Crippen LogP contribution in [0.4, 0.5) is 5.69 Å². The van der Waals surface area contributed by atoms with E-state index in [1.165, 1.54) is 12.1 Å². The number of carbonyl (C=O) groups is 2. The maximum atomic E-state index is 12.1. The number of sulfone groups is 1. The molecule has 126 valence electrons. The van der Waals surface area contributed by atoms with Crippen molar-refractivity contribution in [2.75, 3.05) is 28.8 Å². The van der Waals surface area contributed by atoms with Gasteiger partial charge in [0.25, 0.3) is 0 Å². The summed E-state index contributed by atoms with van der Waals surface area (Å²) in [7, 11) is -3.57. The van der Waals surface area contributed by atoms with E-state index in [1.54, 1.807) is 23.5 Å². The third kappa shape index (κ3) is 5.43. The third-order valence-electron chi connectivity index (χ3n) is 3.16. The number of aromatic carboxylic acids is 1. The van der Waals surface area contributed by atoms with Gasteiger partial charge in [0.05, 0.1) is 10.5 Å². The maximum Gasteiger partial charge on any atom is 0.335 e. The Morgan fingerprint density at radius 2 is 2.04 bits per heavy atom. The lowest BCUT2D eigenvalue weighted by atomic mass is 10.2. The Morgan fingerprint density at radius 1 is 1.30 bits per heavy atom. The molecule has 0 aromatic heterocycles. The Kier molecular flexibility index (Phi) is 5.99. The van der Waals surface area contributed by atoms with Crippen LogP contribution in [0.15, 0.2) is 23.1 Å². The van der Waals surface area contributed by atoms with E-state index in [2.05, 4.69) is 5.32 Å². The summed E-state index contributed by atoms with van der Waals surface area (Å²) >= 11 is 3.55. The van der Waals surface area contributed by atoms with Gasteiger partial charge in [0.2, 0.25) is 5.91 Å². The standard InChI is InChI=1S/C14H17NO5S3/c1-23(19,20)12-5-9(14(17)18)4-10(6-12)15-13(16)7-11-8-21-2-3-22-11/h4-6,11H,2-3,7-8H2,1H3,(H,15,16)(H,17,18). The second kappa shape index (κ2) is 7.59. The van der Waals surface area contributed by atoms with E-state index in [0.717, 1.165) is 29.6 Å². The first-order valence-electron chi connectivity index (χ1n) is 6.83. The summed E-state index contributed by atoms with van der Waals surface area (Å²) in [4.78, 5) is 23.1. The van der Waals surface area contributed by atoms with Crippen LogP contribution in [0.2, 0.25) is 0 Å². The van der Waals surface area contributed by atoms with Crippen molar-refractivity contribution in [3.8, 4) is 0 Å². The van der Waals surface area contributed by atoms with Crippen molar-refractivity contribution < 1.29 is 23.1 Å². The molecule has 2 rings (SSSR count). The molecule has 0 spiro atoms. The molecule has 6 nitrogen and oxygen atoms in total. The molecule has 0 aliphatic carbocycles. The highest BCUT2D eigenvalue weighted by molar-refractivity contribution is 8.06. The molecule has 1 saturated heterocycles. The molecular weight excluding hydrogens is 358 g/mol. The van der Waals surface area contributed by atoms with Crippen LogP contribution in [0, 0.1) is 0 Å². The van der Waals surface area contributed by atoms with E-state index in [1.807, 2.05) is 0 Å². The van der Waals surface area contributed by atoms with Gasteiger partial charge >= 0.3 is 5.97 Å². The molecule has 1 heterocycles. The van der Waals surface area contributed by atoms with Gasteiger partial charge in [-0.15, -0.1) is 0 Å². The molecule has 2 N–H and O–H groups in total. The summed E-state index contributed by atoms with van der Waals surface area (Å²) in [6.07, 6.45) is 1.32. The first-order valence-corrected chi connectivity index (χ1v) is 10.9. The summed E-state index contributed by atoms with van der Waals surface area (Å²) in [5.41, 5.74) is 0.00890. The van der Waals surface area contributed by atoms with E-state index < -0.39 is 15.8 Å². The second-order valence-electron chi connectivity index (χ2n) is 5.14. The summed E-state index contributed by atoms with van der Waals surface area (Å²) in [6, 6.07) is 3.63. The molecule has 1 amide bonds. The zero-order valence-electron chi connectivity index (χ0n) is 12.4. The van der Waals surface area contributed by atoms with Crippen molar-refractivity contribution in [2.24, 2.45) is 0 Å². The molecule has 0 saturated carbocycles. The number of anilines is 1. The van der Waals surface area contributed by atoms with Crippen molar-refractivity contribution in [1.82, 2.24) is 0 Å². The lowest BCUT2D eigenvalue weighted by Crippen LogP contribution is -2.22. The Labute approximate surface area is 143 Å². The number of rotatable bonds is 5. The summed E-state index contributed by atoms with van der Waals surface area (Å²) < 4.78 is 23.3. The van der Waals surface area contributed by atoms with E-state index in [4.69, 9.17) is 5.11 Å². The number of hydrogen-bond donors (Lipinski definition) is 2. The fourth-order valence-corrected chi connectivity index (χ4v) is 5.44. The smallest absolute Gasteiger partial charge is 0.335 e. The van der Waals surface area contributed by atoms with Gasteiger partial charge in [0, 0.05) is 40.9 Å². The van der Waals surface area contributed by atoms with Crippen molar-refractivity contribution in [3.63, 3.8) is 0 Å². The minimum Gasteiger partial charge on any atom is -0.478 e. The number of benzene rings is 1. The van der Waals surface area contributed by atoms with E-state index in [-0.39, 0.29) is 27.3 Å². The number of carbonyl (C=O) groups excluding carboxylic acids is 1. The molecule has 23 heavy (non-hydrogen) atoms. The van der Waals surface area contributed by atoms with E-state index in [0.29, 0.717) is 6.42 Å². The lowest BCUT2D eigenvalue weighted by Gasteiger charge is -2.20. The summed E-state index contributed by atoms with van der Waals surface area (Å²) in [5.74, 6) is 1.51. The molecule has 9 heteroatoms. The molecule has 1 aromatic carbocycles. The van der Waals surface area contributed by atoms with Gasteiger partial charge in [0.1, 0.15) is 0 Å². The molecular formula is C14H17NO5S3. The van der Waals surface area contributed by atoms with Crippen molar-refractivity contribution in [3.05, 3.63) is 23.8 Å². The highest BCUT2D eigenvalue weighted by Crippen LogP contribution is 2.27. The molecule has 0 bridgehead atoms. The average Bonchev–Trinajstić information content (AvgIpc) is 2.46. The van der Waals surface area contributed by atoms with Gasteiger partial charge in [-0.3, -0.25) is 4.79 Å². The van der Waals surface area contributed by atoms with Gasteiger partial charge in [-0.05, 0) is 18.2 Å². The topological polar surface area (TPSA) is 101 Å². The van der Waals surface area contributed by atoms with E-state index >= 15 is 0 Å². The number of amides is 1. The monoisotopic (exact) mass is 375 g/mol. The predicted octanol–water partition coefficient (Wildman–Crippen LogP) is 1.97. The molecule has 0 radical (unpaired) electrons. The lowest BCUT2D eigenvalue weighted by molar-refractivity contribution is -0.116. The van der Waals surface area contributed by atoms with Crippen LogP contribution in [0.25, 0.3) is 0 Å². The summed E-state index contributed by atoms with van der Waals surface area (Å²) in [6.45, 7) is 0. The number of carboxylic acids is 1. The van der Waals surface area contributed by atoms with Gasteiger partial charge in [-0.2, -0.15) is 23.5 Å². The Balaban J connectivity index is 2.16. The van der Waals surface area contributed by atoms with Gasteiger partial charge in [-0.25, -0.2) is 13.2 Å². The number of carboxylic acid groups (broad SMARTS) is 1. The van der Waals surface area contributed by atoms with Crippen molar-refractivity contribution in [2.45, 2.75) is 16.6 Å². The Bertz CT molecular complexity index is 711. The molecule has 1 fully saturated rings. The molecule has 1 aliphatic rings. The van der Waals surface area contributed by atoms with Crippen LogP contribution in [0.5, 0.6) is 0 Å². The highest BCUT2D eigenvalue weighted by atomic mass is 32.2. The van der Waals surface area contributed by atoms with Crippen LogP contribution in [-0.4, -0.2) is 54.2 Å². The largest absolute Gasteiger partial charge is 0.478 e.